The van der Waals surface area contributed by atoms with Gasteiger partial charge >= 0.3 is 0 Å². The highest BCUT2D eigenvalue weighted by molar-refractivity contribution is 5.39. The minimum atomic E-state index is -0.259. The summed E-state index contributed by atoms with van der Waals surface area (Å²) in [7, 11) is 0. The number of benzene rings is 1. The van der Waals surface area contributed by atoms with Gasteiger partial charge in [-0.15, -0.1) is 6.58 Å². The summed E-state index contributed by atoms with van der Waals surface area (Å²) in [6.07, 6.45) is 5.88. The summed E-state index contributed by atoms with van der Waals surface area (Å²) in [4.78, 5) is 2.62. The van der Waals surface area contributed by atoms with Crippen LogP contribution < -0.4 is 5.73 Å². The van der Waals surface area contributed by atoms with E-state index in [0.717, 1.165) is 12.8 Å². The lowest BCUT2D eigenvalue weighted by molar-refractivity contribution is 0.125. The maximum atomic E-state index is 6.99. The van der Waals surface area contributed by atoms with Crippen LogP contribution >= 0.6 is 0 Å². The molecule has 2 atom stereocenters. The molecule has 2 aliphatic rings. The molecule has 0 bridgehead atoms. The van der Waals surface area contributed by atoms with Crippen LogP contribution in [0.5, 0.6) is 0 Å². The number of fused-ring (bicyclic) bond motifs is 1. The van der Waals surface area contributed by atoms with Gasteiger partial charge in [0.2, 0.25) is 0 Å². The highest BCUT2D eigenvalue weighted by Crippen LogP contribution is 2.41. The van der Waals surface area contributed by atoms with E-state index in [9.17, 15) is 0 Å². The first-order valence-corrected chi connectivity index (χ1v) is 7.87. The average Bonchev–Trinajstić information content (AvgIpc) is 2.92. The van der Waals surface area contributed by atoms with Crippen molar-refractivity contribution in [3.8, 4) is 0 Å². The first-order chi connectivity index (χ1) is 9.61. The van der Waals surface area contributed by atoms with Crippen molar-refractivity contribution in [2.24, 2.45) is 5.73 Å². The van der Waals surface area contributed by atoms with Gasteiger partial charge in [0.25, 0.3) is 0 Å². The average molecular weight is 270 g/mol. The van der Waals surface area contributed by atoms with Crippen LogP contribution in [0.3, 0.4) is 0 Å². The molecule has 1 aromatic rings. The predicted molar refractivity (Wildman–Crippen MR) is 84.7 cm³/mol. The molecule has 0 radical (unpaired) electrons. The summed E-state index contributed by atoms with van der Waals surface area (Å²) in [5.41, 5.74) is 10.7. The van der Waals surface area contributed by atoms with E-state index in [1.807, 2.05) is 0 Å². The van der Waals surface area contributed by atoms with Crippen LogP contribution in [0.15, 0.2) is 36.4 Å². The summed E-state index contributed by atoms with van der Waals surface area (Å²) >= 11 is 0. The topological polar surface area (TPSA) is 29.3 Å². The zero-order valence-electron chi connectivity index (χ0n) is 12.6. The number of likely N-dealkylation sites (tertiary alicyclic amines) is 1. The Balaban J connectivity index is 2.01. The molecule has 20 heavy (non-hydrogen) atoms. The molecular formula is C18H26N2. The Labute approximate surface area is 122 Å². The molecule has 2 heteroatoms. The fraction of sp³-hybridized carbons (Fsp3) is 0.556. The number of aryl methyl sites for hydroxylation is 1. The van der Waals surface area contributed by atoms with Gasteiger partial charge < -0.3 is 5.73 Å². The molecule has 2 nitrogen and oxygen atoms in total. The van der Waals surface area contributed by atoms with Crippen molar-refractivity contribution in [3.63, 3.8) is 0 Å². The quantitative estimate of drug-likeness (QED) is 0.855. The molecule has 3 rings (SSSR count). The van der Waals surface area contributed by atoms with Gasteiger partial charge in [-0.25, -0.2) is 0 Å². The Bertz CT molecular complexity index is 502. The van der Waals surface area contributed by atoms with Crippen molar-refractivity contribution in [2.75, 3.05) is 13.1 Å². The van der Waals surface area contributed by atoms with Gasteiger partial charge in [0.05, 0.1) is 5.54 Å². The number of hydrogen-bond acceptors (Lipinski definition) is 2. The SMILES string of the molecule is C=C(C)CC1(N)c2ccccc2CCC1N1CCCC1. The molecule has 1 saturated heterocycles. The van der Waals surface area contributed by atoms with Crippen LogP contribution in [0.2, 0.25) is 0 Å². The molecule has 1 heterocycles. The predicted octanol–water partition coefficient (Wildman–Crippen LogP) is 3.22. The minimum absolute atomic E-state index is 0.259. The van der Waals surface area contributed by atoms with Gasteiger partial charge in [0, 0.05) is 6.04 Å². The Kier molecular flexibility index (Phi) is 3.70. The molecule has 0 spiro atoms. The lowest BCUT2D eigenvalue weighted by atomic mass is 9.70. The summed E-state index contributed by atoms with van der Waals surface area (Å²) in [5, 5.41) is 0. The third-order valence-corrected chi connectivity index (χ3v) is 4.98. The van der Waals surface area contributed by atoms with Crippen LogP contribution in [0.1, 0.15) is 43.7 Å². The fourth-order valence-corrected chi connectivity index (χ4v) is 4.20. The lowest BCUT2D eigenvalue weighted by Crippen LogP contribution is -2.58. The van der Waals surface area contributed by atoms with Crippen molar-refractivity contribution in [2.45, 2.75) is 50.6 Å². The highest BCUT2D eigenvalue weighted by Gasteiger charge is 2.44. The lowest BCUT2D eigenvalue weighted by Gasteiger charge is -2.47. The normalized spacial score (nSPS) is 30.2. The molecule has 2 N–H and O–H groups in total. The maximum Gasteiger partial charge on any atom is 0.0607 e. The third kappa shape index (κ3) is 2.32. The van der Waals surface area contributed by atoms with Gasteiger partial charge in [0.1, 0.15) is 0 Å². The second kappa shape index (κ2) is 5.34. The third-order valence-electron chi connectivity index (χ3n) is 4.98. The molecule has 0 amide bonds. The van der Waals surface area contributed by atoms with E-state index in [1.54, 1.807) is 0 Å². The summed E-state index contributed by atoms with van der Waals surface area (Å²) in [6, 6.07) is 9.22. The van der Waals surface area contributed by atoms with Crippen molar-refractivity contribution >= 4 is 0 Å². The minimum Gasteiger partial charge on any atom is -0.320 e. The van der Waals surface area contributed by atoms with Crippen LogP contribution in [0.25, 0.3) is 0 Å². The van der Waals surface area contributed by atoms with E-state index in [4.69, 9.17) is 5.73 Å². The maximum absolute atomic E-state index is 6.99. The second-order valence-corrected chi connectivity index (χ2v) is 6.63. The van der Waals surface area contributed by atoms with Gasteiger partial charge in [-0.05, 0) is 63.2 Å². The first-order valence-electron chi connectivity index (χ1n) is 7.87. The Morgan fingerprint density at radius 3 is 2.75 bits per heavy atom. The van der Waals surface area contributed by atoms with Crippen LogP contribution in [-0.4, -0.2) is 24.0 Å². The Morgan fingerprint density at radius 1 is 1.35 bits per heavy atom. The molecule has 0 saturated carbocycles. The molecule has 1 aromatic carbocycles. The van der Waals surface area contributed by atoms with E-state index in [2.05, 4.69) is 42.7 Å². The smallest absolute Gasteiger partial charge is 0.0607 e. The Hall–Kier alpha value is -1.12. The molecule has 2 unspecified atom stereocenters. The fourth-order valence-electron chi connectivity index (χ4n) is 4.20. The van der Waals surface area contributed by atoms with E-state index in [-0.39, 0.29) is 5.54 Å². The number of rotatable bonds is 3. The van der Waals surface area contributed by atoms with E-state index >= 15 is 0 Å². The first kappa shape index (κ1) is 13.8. The molecular weight excluding hydrogens is 244 g/mol. The van der Waals surface area contributed by atoms with Crippen molar-refractivity contribution in [3.05, 3.63) is 47.5 Å². The molecule has 0 aromatic heterocycles. The molecule has 1 fully saturated rings. The zero-order valence-corrected chi connectivity index (χ0v) is 12.6. The molecule has 108 valence electrons. The van der Waals surface area contributed by atoms with Gasteiger partial charge in [0.15, 0.2) is 0 Å². The second-order valence-electron chi connectivity index (χ2n) is 6.63. The van der Waals surface area contributed by atoms with E-state index < -0.39 is 0 Å². The van der Waals surface area contributed by atoms with Gasteiger partial charge in [-0.2, -0.15) is 0 Å². The number of nitrogens with two attached hydrogens (primary N) is 1. The molecule has 1 aliphatic carbocycles. The number of nitrogens with zero attached hydrogens (tertiary/aromatic N) is 1. The van der Waals surface area contributed by atoms with Gasteiger partial charge in [-0.3, -0.25) is 4.90 Å². The number of hydrogen-bond donors (Lipinski definition) is 1. The molecule has 1 aliphatic heterocycles. The summed E-state index contributed by atoms with van der Waals surface area (Å²) < 4.78 is 0. The van der Waals surface area contributed by atoms with Crippen molar-refractivity contribution in [1.29, 1.82) is 0 Å². The van der Waals surface area contributed by atoms with Gasteiger partial charge in [-0.1, -0.05) is 29.8 Å². The zero-order chi connectivity index (χ0) is 14.2. The van der Waals surface area contributed by atoms with Crippen LogP contribution in [0.4, 0.5) is 0 Å². The highest BCUT2D eigenvalue weighted by atomic mass is 15.2. The van der Waals surface area contributed by atoms with E-state index in [1.165, 1.54) is 49.1 Å². The monoisotopic (exact) mass is 270 g/mol. The largest absolute Gasteiger partial charge is 0.320 e. The summed E-state index contributed by atoms with van der Waals surface area (Å²) in [6.45, 7) is 8.65. The van der Waals surface area contributed by atoms with Crippen LogP contribution in [0, 0.1) is 0 Å². The Morgan fingerprint density at radius 2 is 2.05 bits per heavy atom. The summed E-state index contributed by atoms with van der Waals surface area (Å²) in [5.74, 6) is 0. The van der Waals surface area contributed by atoms with E-state index in [0.29, 0.717) is 6.04 Å². The van der Waals surface area contributed by atoms with Crippen molar-refractivity contribution < 1.29 is 0 Å². The van der Waals surface area contributed by atoms with Crippen molar-refractivity contribution in [1.82, 2.24) is 4.90 Å². The standard InChI is InChI=1S/C18H26N2/c1-14(2)13-18(19)16-8-4-3-7-15(16)9-10-17(18)20-11-5-6-12-20/h3-4,7-8,17H,1,5-6,9-13,19H2,2H3. The van der Waals surface area contributed by atoms with Crippen LogP contribution in [-0.2, 0) is 12.0 Å².